The minimum absolute atomic E-state index is 0.372. The van der Waals surface area contributed by atoms with E-state index in [0.29, 0.717) is 6.17 Å². The summed E-state index contributed by atoms with van der Waals surface area (Å²) in [6.07, 6.45) is 29.0. The van der Waals surface area contributed by atoms with Gasteiger partial charge in [0.05, 0.1) is 6.54 Å². The molecule has 1 aliphatic heterocycles. The summed E-state index contributed by atoms with van der Waals surface area (Å²) in [6, 6.07) is 0. The summed E-state index contributed by atoms with van der Waals surface area (Å²) < 4.78 is 0. The maximum Gasteiger partial charge on any atom is 0.158 e. The van der Waals surface area contributed by atoms with Crippen molar-refractivity contribution < 1.29 is 5.73 Å². The van der Waals surface area contributed by atoms with Crippen LogP contribution >= 0.6 is 0 Å². The first-order chi connectivity index (χ1) is 14.3. The van der Waals surface area contributed by atoms with E-state index in [9.17, 15) is 0 Å². The van der Waals surface area contributed by atoms with Gasteiger partial charge in [0.15, 0.2) is 6.17 Å². The third-order valence-corrected chi connectivity index (χ3v) is 6.50. The Hall–Kier alpha value is -0.570. The van der Waals surface area contributed by atoms with Crippen LogP contribution in [0.5, 0.6) is 0 Å². The van der Waals surface area contributed by atoms with Crippen molar-refractivity contribution in [3.05, 3.63) is 0 Å². The van der Waals surface area contributed by atoms with Gasteiger partial charge in [0.2, 0.25) is 0 Å². The van der Waals surface area contributed by atoms with Crippen LogP contribution in [-0.4, -0.2) is 30.0 Å². The predicted molar refractivity (Wildman–Crippen MR) is 129 cm³/mol. The van der Waals surface area contributed by atoms with E-state index in [4.69, 9.17) is 0 Å². The second-order valence-electron chi connectivity index (χ2n) is 9.45. The van der Waals surface area contributed by atoms with E-state index in [1.807, 2.05) is 0 Å². The molecule has 1 unspecified atom stereocenters. The zero-order valence-electron chi connectivity index (χ0n) is 20.2. The van der Waals surface area contributed by atoms with Crippen molar-refractivity contribution >= 4 is 5.84 Å². The molecular formula is C26H54N3+. The van der Waals surface area contributed by atoms with Gasteiger partial charge in [0, 0.05) is 19.9 Å². The van der Waals surface area contributed by atoms with Crippen LogP contribution in [0.4, 0.5) is 0 Å². The van der Waals surface area contributed by atoms with Crippen LogP contribution in [-0.2, 0) is 0 Å². The summed E-state index contributed by atoms with van der Waals surface area (Å²) in [4.78, 5) is 7.04. The van der Waals surface area contributed by atoms with Crippen molar-refractivity contribution in [1.82, 2.24) is 4.90 Å². The molecule has 0 aromatic carbocycles. The van der Waals surface area contributed by atoms with E-state index in [1.165, 1.54) is 134 Å². The zero-order chi connectivity index (χ0) is 21.0. The maximum atomic E-state index is 4.66. The molecule has 29 heavy (non-hydrogen) atoms. The molecular weight excluding hydrogens is 354 g/mol. The van der Waals surface area contributed by atoms with Crippen LogP contribution in [0.25, 0.3) is 0 Å². The predicted octanol–water partition coefficient (Wildman–Crippen LogP) is 7.11. The molecule has 1 heterocycles. The fraction of sp³-hybridized carbons (Fsp3) is 0.962. The van der Waals surface area contributed by atoms with Gasteiger partial charge in [-0.3, -0.25) is 4.99 Å². The highest BCUT2D eigenvalue weighted by Gasteiger charge is 2.20. The average molecular weight is 409 g/mol. The Bertz CT molecular complexity index is 378. The Morgan fingerprint density at radius 3 is 1.45 bits per heavy atom. The summed E-state index contributed by atoms with van der Waals surface area (Å²) >= 11 is 0. The molecule has 0 aromatic rings. The van der Waals surface area contributed by atoms with Gasteiger partial charge in [-0.05, 0) is 6.42 Å². The fourth-order valence-corrected chi connectivity index (χ4v) is 4.57. The summed E-state index contributed by atoms with van der Waals surface area (Å²) in [7, 11) is 0. The molecule has 0 bridgehead atoms. The second-order valence-corrected chi connectivity index (χ2v) is 9.45. The number of hydrogen-bond donors (Lipinski definition) is 1. The van der Waals surface area contributed by atoms with Gasteiger partial charge < -0.3 is 10.6 Å². The van der Waals surface area contributed by atoms with Gasteiger partial charge in [-0.15, -0.1) is 0 Å². The molecule has 3 heteroatoms. The lowest BCUT2D eigenvalue weighted by atomic mass is 10.0. The van der Waals surface area contributed by atoms with Crippen molar-refractivity contribution in [2.45, 2.75) is 148 Å². The van der Waals surface area contributed by atoms with Gasteiger partial charge in [-0.2, -0.15) is 0 Å². The van der Waals surface area contributed by atoms with E-state index < -0.39 is 0 Å². The number of nitrogens with zero attached hydrogens (tertiary/aromatic N) is 2. The zero-order valence-corrected chi connectivity index (χ0v) is 20.2. The quantitative estimate of drug-likeness (QED) is 0.202. The highest BCUT2D eigenvalue weighted by Crippen LogP contribution is 2.16. The van der Waals surface area contributed by atoms with Crippen molar-refractivity contribution in [3.63, 3.8) is 0 Å². The van der Waals surface area contributed by atoms with Crippen LogP contribution in [0.1, 0.15) is 142 Å². The fourth-order valence-electron chi connectivity index (χ4n) is 4.57. The minimum atomic E-state index is 0.372. The van der Waals surface area contributed by atoms with Crippen LogP contribution in [0.2, 0.25) is 0 Å². The van der Waals surface area contributed by atoms with Crippen molar-refractivity contribution in [2.24, 2.45) is 4.99 Å². The van der Waals surface area contributed by atoms with Gasteiger partial charge in [-0.25, -0.2) is 0 Å². The maximum absolute atomic E-state index is 4.66. The number of amidine groups is 1. The molecule has 0 spiro atoms. The Balaban J connectivity index is 1.72. The number of hydrogen-bond acceptors (Lipinski definition) is 2. The smallest absolute Gasteiger partial charge is 0.158 e. The van der Waals surface area contributed by atoms with Gasteiger partial charge in [0.1, 0.15) is 5.84 Å². The number of rotatable bonds is 21. The lowest BCUT2D eigenvalue weighted by Crippen LogP contribution is -2.67. The molecule has 0 aromatic heterocycles. The van der Waals surface area contributed by atoms with E-state index in [0.717, 1.165) is 13.1 Å². The van der Waals surface area contributed by atoms with E-state index in [1.54, 1.807) is 0 Å². The molecule has 0 radical (unpaired) electrons. The Labute approximate surface area is 183 Å². The number of aliphatic imine (C=N–C) groups is 1. The Morgan fingerprint density at radius 2 is 1.07 bits per heavy atom. The second kappa shape index (κ2) is 19.4. The molecule has 0 aliphatic carbocycles. The first-order valence-corrected chi connectivity index (χ1v) is 13.4. The van der Waals surface area contributed by atoms with Crippen LogP contribution < -0.4 is 5.73 Å². The summed E-state index contributed by atoms with van der Waals surface area (Å²) in [5.41, 5.74) is 4.15. The van der Waals surface area contributed by atoms with Crippen LogP contribution in [0, 0.1) is 0 Å². The van der Waals surface area contributed by atoms with Crippen molar-refractivity contribution in [3.8, 4) is 0 Å². The molecule has 1 atom stereocenters. The molecule has 0 saturated heterocycles. The third-order valence-electron chi connectivity index (χ3n) is 6.50. The molecule has 172 valence electrons. The van der Waals surface area contributed by atoms with E-state index in [2.05, 4.69) is 29.5 Å². The molecule has 0 saturated carbocycles. The van der Waals surface area contributed by atoms with Crippen molar-refractivity contribution in [1.29, 1.82) is 0 Å². The molecule has 0 amide bonds. The highest BCUT2D eigenvalue weighted by molar-refractivity contribution is 5.83. The summed E-state index contributed by atoms with van der Waals surface area (Å²) in [5.74, 6) is 1.32. The number of quaternary nitrogens is 1. The van der Waals surface area contributed by atoms with Gasteiger partial charge >= 0.3 is 0 Å². The van der Waals surface area contributed by atoms with Crippen LogP contribution in [0.15, 0.2) is 4.99 Å². The van der Waals surface area contributed by atoms with Crippen molar-refractivity contribution in [2.75, 3.05) is 13.1 Å². The molecule has 3 nitrogen and oxygen atoms in total. The monoisotopic (exact) mass is 408 g/mol. The molecule has 3 N–H and O–H groups in total. The minimum Gasteiger partial charge on any atom is -0.338 e. The average Bonchev–Trinajstić information content (AvgIpc) is 3.18. The Morgan fingerprint density at radius 1 is 0.690 bits per heavy atom. The van der Waals surface area contributed by atoms with E-state index >= 15 is 0 Å². The SMILES string of the molecule is CCCCCCCCCCCCCCCCCCCCCC1=NCCN1C(C)[NH3+]. The van der Waals surface area contributed by atoms with Crippen LogP contribution in [0.3, 0.4) is 0 Å². The van der Waals surface area contributed by atoms with Gasteiger partial charge in [0.25, 0.3) is 0 Å². The first-order valence-electron chi connectivity index (χ1n) is 13.4. The third kappa shape index (κ3) is 15.0. The van der Waals surface area contributed by atoms with Gasteiger partial charge in [-0.1, -0.05) is 122 Å². The standard InChI is InChI=1S/C26H53N3/c1-3-4-5-6-7-8-9-10-11-12-13-14-15-16-17-18-19-20-21-22-26-28-23-24-29(26)25(2)27/h25H,3-24,27H2,1-2H3/p+1. The lowest BCUT2D eigenvalue weighted by molar-refractivity contribution is -0.442. The molecule has 1 rings (SSSR count). The summed E-state index contributed by atoms with van der Waals surface area (Å²) in [5, 5.41) is 0. The molecule has 0 fully saturated rings. The topological polar surface area (TPSA) is 43.2 Å². The molecule has 1 aliphatic rings. The first kappa shape index (κ1) is 26.5. The normalized spacial score (nSPS) is 15.1. The Kier molecular flexibility index (Phi) is 17.7. The highest BCUT2D eigenvalue weighted by atomic mass is 15.3. The lowest BCUT2D eigenvalue weighted by Gasteiger charge is -2.21. The summed E-state index contributed by atoms with van der Waals surface area (Å²) in [6.45, 7) is 6.54. The largest absolute Gasteiger partial charge is 0.338 e. The van der Waals surface area contributed by atoms with E-state index in [-0.39, 0.29) is 0 Å². The number of unbranched alkanes of at least 4 members (excludes halogenated alkanes) is 18.